The predicted octanol–water partition coefficient (Wildman–Crippen LogP) is 3.13. The molecule has 1 fully saturated rings. The van der Waals surface area contributed by atoms with Crippen LogP contribution in [0.5, 0.6) is 0 Å². The van der Waals surface area contributed by atoms with Crippen LogP contribution in [-0.4, -0.2) is 46.6 Å². The van der Waals surface area contributed by atoms with Crippen LogP contribution in [0.25, 0.3) is 6.08 Å². The third-order valence-corrected chi connectivity index (χ3v) is 4.98. The number of anilines is 1. The van der Waals surface area contributed by atoms with Gasteiger partial charge in [0.05, 0.1) is 22.6 Å². The molecule has 8 nitrogen and oxygen atoms in total. The van der Waals surface area contributed by atoms with Gasteiger partial charge in [0.2, 0.25) is 5.91 Å². The molecule has 2 N–H and O–H groups in total. The minimum absolute atomic E-state index is 0.0852. The smallest absolute Gasteiger partial charge is 0.339 e. The number of aromatic amines is 1. The lowest BCUT2D eigenvalue weighted by Gasteiger charge is -2.13. The molecule has 1 aromatic heterocycles. The van der Waals surface area contributed by atoms with Crippen molar-refractivity contribution in [2.24, 2.45) is 0 Å². The summed E-state index contributed by atoms with van der Waals surface area (Å²) in [6.07, 6.45) is 3.24. The van der Waals surface area contributed by atoms with E-state index in [-0.39, 0.29) is 21.2 Å². The minimum Gasteiger partial charge on any atom is -0.465 e. The number of benzene rings is 1. The summed E-state index contributed by atoms with van der Waals surface area (Å²) in [4.78, 5) is 52.4. The van der Waals surface area contributed by atoms with Crippen LogP contribution in [0.2, 0.25) is 5.02 Å². The number of hydrogen-bond acceptors (Lipinski definition) is 6. The molecule has 3 rings (SSSR count). The molecule has 1 aliphatic rings. The monoisotopic (exact) mass is 419 g/mol. The number of H-pyrrole nitrogens is 1. The summed E-state index contributed by atoms with van der Waals surface area (Å²) in [5, 5.41) is 2.16. The Morgan fingerprint density at radius 1 is 1.32 bits per heavy atom. The number of imide groups is 1. The molecule has 1 saturated heterocycles. The molecule has 10 heteroatoms. The van der Waals surface area contributed by atoms with Crippen LogP contribution in [0.4, 0.5) is 10.5 Å². The second-order valence-corrected chi connectivity index (χ2v) is 7.03. The van der Waals surface area contributed by atoms with Gasteiger partial charge in [-0.25, -0.2) is 4.79 Å². The number of aromatic nitrogens is 1. The van der Waals surface area contributed by atoms with E-state index in [0.29, 0.717) is 5.69 Å². The predicted molar refractivity (Wildman–Crippen MR) is 105 cm³/mol. The van der Waals surface area contributed by atoms with Gasteiger partial charge < -0.3 is 15.0 Å². The Hall–Kier alpha value is -3.04. The lowest BCUT2D eigenvalue weighted by Crippen LogP contribution is -2.36. The van der Waals surface area contributed by atoms with Gasteiger partial charge >= 0.3 is 5.97 Å². The number of halogens is 1. The van der Waals surface area contributed by atoms with E-state index in [0.717, 1.165) is 16.7 Å². The van der Waals surface area contributed by atoms with Crippen LogP contribution in [-0.2, 0) is 14.3 Å². The van der Waals surface area contributed by atoms with E-state index in [1.54, 1.807) is 24.4 Å². The molecule has 2 heterocycles. The fourth-order valence-corrected chi connectivity index (χ4v) is 3.45. The highest BCUT2D eigenvalue weighted by atomic mass is 35.5. The first kappa shape index (κ1) is 19.7. The molecule has 1 aliphatic heterocycles. The van der Waals surface area contributed by atoms with Gasteiger partial charge in [0, 0.05) is 17.6 Å². The summed E-state index contributed by atoms with van der Waals surface area (Å²) in [7, 11) is 1.21. The number of ether oxygens (including phenoxy) is 1. The maximum atomic E-state index is 12.4. The van der Waals surface area contributed by atoms with E-state index in [1.807, 2.05) is 0 Å². The Morgan fingerprint density at radius 2 is 2.11 bits per heavy atom. The number of carbonyl (C=O) groups excluding carboxylic acids is 4. The summed E-state index contributed by atoms with van der Waals surface area (Å²) in [6, 6.07) is 7.79. The van der Waals surface area contributed by atoms with Crippen molar-refractivity contribution in [1.82, 2.24) is 9.88 Å². The molecular weight excluding hydrogens is 406 g/mol. The highest BCUT2D eigenvalue weighted by Crippen LogP contribution is 2.31. The molecule has 0 radical (unpaired) electrons. The molecule has 3 amide bonds. The summed E-state index contributed by atoms with van der Waals surface area (Å²) >= 11 is 6.69. The topological polar surface area (TPSA) is 109 Å². The van der Waals surface area contributed by atoms with Crippen molar-refractivity contribution in [2.75, 3.05) is 19.0 Å². The van der Waals surface area contributed by atoms with Gasteiger partial charge in [-0.2, -0.15) is 0 Å². The fourth-order valence-electron chi connectivity index (χ4n) is 2.43. The van der Waals surface area contributed by atoms with Crippen molar-refractivity contribution in [3.63, 3.8) is 0 Å². The highest BCUT2D eigenvalue weighted by Gasteiger charge is 2.36. The first-order chi connectivity index (χ1) is 13.4. The van der Waals surface area contributed by atoms with E-state index in [9.17, 15) is 19.2 Å². The number of carbonyl (C=O) groups is 4. The Bertz CT molecular complexity index is 987. The van der Waals surface area contributed by atoms with Crippen LogP contribution in [0.1, 0.15) is 16.1 Å². The van der Waals surface area contributed by atoms with Crippen LogP contribution in [0.3, 0.4) is 0 Å². The highest BCUT2D eigenvalue weighted by molar-refractivity contribution is 8.18. The molecule has 0 bridgehead atoms. The first-order valence-electron chi connectivity index (χ1n) is 7.95. The average Bonchev–Trinajstić information content (AvgIpc) is 3.27. The molecular formula is C18H14ClN3O5S. The van der Waals surface area contributed by atoms with E-state index >= 15 is 0 Å². The zero-order valence-corrected chi connectivity index (χ0v) is 16.1. The van der Waals surface area contributed by atoms with E-state index < -0.39 is 29.6 Å². The SMILES string of the molecule is COC(=O)c1cc(NC(=O)CN2C(=O)S/C(=C/c3ccc[nH]3)C2=O)ccc1Cl. The third kappa shape index (κ3) is 4.26. The number of esters is 1. The van der Waals surface area contributed by atoms with Crippen LogP contribution in [0, 0.1) is 0 Å². The lowest BCUT2D eigenvalue weighted by atomic mass is 10.2. The van der Waals surface area contributed by atoms with Gasteiger partial charge in [0.15, 0.2) is 0 Å². The van der Waals surface area contributed by atoms with Gasteiger partial charge in [0.1, 0.15) is 6.54 Å². The second-order valence-electron chi connectivity index (χ2n) is 5.63. The standard InChI is InChI=1S/C18H14ClN3O5S/c1-27-17(25)12-7-11(4-5-13(12)19)21-15(23)9-22-16(24)14(28-18(22)26)8-10-3-2-6-20-10/h2-8,20H,9H2,1H3,(H,21,23)/b14-8+. The van der Waals surface area contributed by atoms with E-state index in [1.165, 1.54) is 25.3 Å². The van der Waals surface area contributed by atoms with Gasteiger partial charge in [-0.15, -0.1) is 0 Å². The van der Waals surface area contributed by atoms with Gasteiger partial charge in [0.25, 0.3) is 11.1 Å². The quantitative estimate of drug-likeness (QED) is 0.569. The zero-order valence-electron chi connectivity index (χ0n) is 14.5. The van der Waals surface area contributed by atoms with Crippen molar-refractivity contribution >= 4 is 58.1 Å². The number of methoxy groups -OCH3 is 1. The molecule has 2 aromatic rings. The molecule has 0 saturated carbocycles. The Kier molecular flexibility index (Phi) is 5.86. The van der Waals surface area contributed by atoms with E-state index in [4.69, 9.17) is 11.6 Å². The summed E-state index contributed by atoms with van der Waals surface area (Å²) in [6.45, 7) is -0.455. The van der Waals surface area contributed by atoms with Crippen LogP contribution < -0.4 is 5.32 Å². The lowest BCUT2D eigenvalue weighted by molar-refractivity contribution is -0.127. The number of thioether (sulfide) groups is 1. The molecule has 0 aliphatic carbocycles. The first-order valence-corrected chi connectivity index (χ1v) is 9.15. The maximum Gasteiger partial charge on any atom is 0.339 e. The Morgan fingerprint density at radius 3 is 2.79 bits per heavy atom. The number of amides is 3. The molecule has 0 unspecified atom stereocenters. The average molecular weight is 420 g/mol. The Labute approximate surface area is 168 Å². The second kappa shape index (κ2) is 8.32. The molecule has 144 valence electrons. The number of nitrogens with zero attached hydrogens (tertiary/aromatic N) is 1. The van der Waals surface area contributed by atoms with Crippen molar-refractivity contribution < 1.29 is 23.9 Å². The summed E-state index contributed by atoms with van der Waals surface area (Å²) < 4.78 is 4.62. The zero-order chi connectivity index (χ0) is 20.3. The summed E-state index contributed by atoms with van der Waals surface area (Å²) in [5.41, 5.74) is 1.04. The van der Waals surface area contributed by atoms with Crippen LogP contribution in [0.15, 0.2) is 41.4 Å². The molecule has 28 heavy (non-hydrogen) atoms. The van der Waals surface area contributed by atoms with Gasteiger partial charge in [-0.05, 0) is 48.2 Å². The van der Waals surface area contributed by atoms with Crippen molar-refractivity contribution in [3.8, 4) is 0 Å². The van der Waals surface area contributed by atoms with Crippen molar-refractivity contribution in [3.05, 3.63) is 57.7 Å². The fraction of sp³-hybridized carbons (Fsp3) is 0.111. The number of nitrogens with one attached hydrogen (secondary N) is 2. The van der Waals surface area contributed by atoms with Gasteiger partial charge in [-0.1, -0.05) is 11.6 Å². The maximum absolute atomic E-state index is 12.4. The third-order valence-electron chi connectivity index (χ3n) is 3.74. The number of rotatable bonds is 5. The Balaban J connectivity index is 1.69. The normalized spacial score (nSPS) is 15.2. The van der Waals surface area contributed by atoms with Crippen molar-refractivity contribution in [2.45, 2.75) is 0 Å². The summed E-state index contributed by atoms with van der Waals surface area (Å²) in [5.74, 6) is -1.80. The molecule has 1 aromatic carbocycles. The molecule has 0 atom stereocenters. The number of hydrogen-bond donors (Lipinski definition) is 2. The molecule has 0 spiro atoms. The van der Waals surface area contributed by atoms with E-state index in [2.05, 4.69) is 15.0 Å². The largest absolute Gasteiger partial charge is 0.465 e. The van der Waals surface area contributed by atoms with Gasteiger partial charge in [-0.3, -0.25) is 19.3 Å². The van der Waals surface area contributed by atoms with Crippen molar-refractivity contribution in [1.29, 1.82) is 0 Å². The minimum atomic E-state index is -0.651. The van der Waals surface area contributed by atoms with Crippen LogP contribution >= 0.6 is 23.4 Å².